The van der Waals surface area contributed by atoms with Gasteiger partial charge >= 0.3 is 0 Å². The minimum atomic E-state index is -0.257. The smallest absolute Gasteiger partial charge is 0.241 e. The summed E-state index contributed by atoms with van der Waals surface area (Å²) in [6.07, 6.45) is 0. The van der Waals surface area contributed by atoms with Crippen LogP contribution in [0, 0.1) is 0 Å². The van der Waals surface area contributed by atoms with Crippen molar-refractivity contribution in [1.82, 2.24) is 4.90 Å². The van der Waals surface area contributed by atoms with Gasteiger partial charge in [-0.3, -0.25) is 9.69 Å². The number of hydrogen-bond donors (Lipinski definition) is 2. The lowest BCUT2D eigenvalue weighted by Crippen LogP contribution is -2.43. The Hall–Kier alpha value is -1.79. The molecule has 0 aliphatic heterocycles. The topological polar surface area (TPSA) is 76.8 Å². The number of ether oxygens (including phenoxy) is 2. The van der Waals surface area contributed by atoms with Crippen molar-refractivity contribution in [1.29, 1.82) is 0 Å². The standard InChI is InChI=1S/C15H25N3O3/c1-5-18(8-9-20-3)11(2)15(19)17-13-7-6-12(16)10-14(13)21-4/h6-7,10-11H,5,8-9,16H2,1-4H3,(H,17,19). The van der Waals surface area contributed by atoms with E-state index in [1.807, 2.05) is 18.7 Å². The maximum Gasteiger partial charge on any atom is 0.241 e. The highest BCUT2D eigenvalue weighted by molar-refractivity contribution is 5.96. The highest BCUT2D eigenvalue weighted by Gasteiger charge is 2.20. The second-order valence-corrected chi connectivity index (χ2v) is 4.75. The van der Waals surface area contributed by atoms with Gasteiger partial charge in [-0.25, -0.2) is 0 Å². The maximum atomic E-state index is 12.3. The van der Waals surface area contributed by atoms with E-state index in [9.17, 15) is 4.79 Å². The zero-order valence-electron chi connectivity index (χ0n) is 13.2. The zero-order valence-corrected chi connectivity index (χ0v) is 13.2. The molecule has 0 saturated carbocycles. The Morgan fingerprint density at radius 2 is 2.14 bits per heavy atom. The van der Waals surface area contributed by atoms with Crippen LogP contribution < -0.4 is 15.8 Å². The van der Waals surface area contributed by atoms with Crippen LogP contribution in [-0.4, -0.2) is 50.8 Å². The quantitative estimate of drug-likeness (QED) is 0.712. The average molecular weight is 295 g/mol. The summed E-state index contributed by atoms with van der Waals surface area (Å²) in [7, 11) is 3.20. The minimum Gasteiger partial charge on any atom is -0.494 e. The number of nitrogen functional groups attached to an aromatic ring is 1. The van der Waals surface area contributed by atoms with Gasteiger partial charge in [-0.1, -0.05) is 6.92 Å². The Morgan fingerprint density at radius 1 is 1.43 bits per heavy atom. The number of methoxy groups -OCH3 is 2. The van der Waals surface area contributed by atoms with Crippen molar-refractivity contribution in [2.45, 2.75) is 19.9 Å². The molecule has 1 aromatic carbocycles. The van der Waals surface area contributed by atoms with Gasteiger partial charge in [-0.05, 0) is 25.6 Å². The van der Waals surface area contributed by atoms with Crippen molar-refractivity contribution in [3.05, 3.63) is 18.2 Å². The fraction of sp³-hybridized carbons (Fsp3) is 0.533. The first-order valence-corrected chi connectivity index (χ1v) is 7.00. The lowest BCUT2D eigenvalue weighted by Gasteiger charge is -2.26. The van der Waals surface area contributed by atoms with Gasteiger partial charge in [0.25, 0.3) is 0 Å². The molecule has 0 bridgehead atoms. The molecule has 0 saturated heterocycles. The predicted molar refractivity (Wildman–Crippen MR) is 84.6 cm³/mol. The van der Waals surface area contributed by atoms with Crippen LogP contribution >= 0.6 is 0 Å². The SMILES string of the molecule is CCN(CCOC)C(C)C(=O)Nc1ccc(N)cc1OC. The monoisotopic (exact) mass is 295 g/mol. The molecule has 0 aromatic heterocycles. The van der Waals surface area contributed by atoms with Crippen molar-refractivity contribution in [2.24, 2.45) is 0 Å². The molecule has 118 valence electrons. The van der Waals surface area contributed by atoms with Gasteiger partial charge in [0.15, 0.2) is 0 Å². The van der Waals surface area contributed by atoms with E-state index in [4.69, 9.17) is 15.2 Å². The number of benzene rings is 1. The summed E-state index contributed by atoms with van der Waals surface area (Å²) < 4.78 is 10.3. The zero-order chi connectivity index (χ0) is 15.8. The first kappa shape index (κ1) is 17.3. The molecule has 0 aliphatic carbocycles. The van der Waals surface area contributed by atoms with E-state index in [0.29, 0.717) is 30.3 Å². The Bertz CT molecular complexity index is 465. The van der Waals surface area contributed by atoms with E-state index in [1.54, 1.807) is 32.4 Å². The summed E-state index contributed by atoms with van der Waals surface area (Å²) in [5.74, 6) is 0.464. The van der Waals surface area contributed by atoms with Gasteiger partial charge in [-0.2, -0.15) is 0 Å². The first-order chi connectivity index (χ1) is 10.0. The third-order valence-corrected chi connectivity index (χ3v) is 3.40. The van der Waals surface area contributed by atoms with Gasteiger partial charge in [0.1, 0.15) is 5.75 Å². The van der Waals surface area contributed by atoms with Crippen LogP contribution in [0.4, 0.5) is 11.4 Å². The molecule has 1 unspecified atom stereocenters. The van der Waals surface area contributed by atoms with Gasteiger partial charge in [0.2, 0.25) is 5.91 Å². The summed E-state index contributed by atoms with van der Waals surface area (Å²) in [6.45, 7) is 5.97. The number of nitrogens with zero attached hydrogens (tertiary/aromatic N) is 1. The van der Waals surface area contributed by atoms with Crippen LogP contribution in [0.1, 0.15) is 13.8 Å². The van der Waals surface area contributed by atoms with Crippen LogP contribution in [0.25, 0.3) is 0 Å². The molecular weight excluding hydrogens is 270 g/mol. The number of nitrogens with two attached hydrogens (primary N) is 1. The molecule has 21 heavy (non-hydrogen) atoms. The highest BCUT2D eigenvalue weighted by atomic mass is 16.5. The third-order valence-electron chi connectivity index (χ3n) is 3.40. The second-order valence-electron chi connectivity index (χ2n) is 4.75. The van der Waals surface area contributed by atoms with Gasteiger partial charge in [-0.15, -0.1) is 0 Å². The van der Waals surface area contributed by atoms with Crippen molar-refractivity contribution >= 4 is 17.3 Å². The number of amides is 1. The minimum absolute atomic E-state index is 0.0870. The molecule has 1 rings (SSSR count). The Morgan fingerprint density at radius 3 is 2.71 bits per heavy atom. The van der Waals surface area contributed by atoms with Crippen LogP contribution in [-0.2, 0) is 9.53 Å². The Labute approximate surface area is 126 Å². The lowest BCUT2D eigenvalue weighted by molar-refractivity contribution is -0.120. The van der Waals surface area contributed by atoms with E-state index >= 15 is 0 Å². The molecule has 0 radical (unpaired) electrons. The molecule has 1 aromatic rings. The summed E-state index contributed by atoms with van der Waals surface area (Å²) >= 11 is 0. The number of carbonyl (C=O) groups excluding carboxylic acids is 1. The van der Waals surface area contributed by atoms with Crippen LogP contribution in [0.3, 0.4) is 0 Å². The molecule has 1 atom stereocenters. The molecule has 0 spiro atoms. The van der Waals surface area contributed by atoms with Crippen LogP contribution in [0.5, 0.6) is 5.75 Å². The molecule has 0 aliphatic rings. The number of likely N-dealkylation sites (N-methyl/N-ethyl adjacent to an activating group) is 1. The van der Waals surface area contributed by atoms with Gasteiger partial charge in [0, 0.05) is 25.4 Å². The molecule has 0 heterocycles. The van der Waals surface area contributed by atoms with Crippen molar-refractivity contribution < 1.29 is 14.3 Å². The molecule has 3 N–H and O–H groups in total. The van der Waals surface area contributed by atoms with E-state index in [1.165, 1.54) is 0 Å². The van der Waals surface area contributed by atoms with Crippen LogP contribution in [0.2, 0.25) is 0 Å². The second kappa shape index (κ2) is 8.49. The van der Waals surface area contributed by atoms with Crippen molar-refractivity contribution in [2.75, 3.05) is 45.0 Å². The third kappa shape index (κ3) is 4.91. The maximum absolute atomic E-state index is 12.3. The molecule has 6 nitrogen and oxygen atoms in total. The van der Waals surface area contributed by atoms with Crippen molar-refractivity contribution in [3.8, 4) is 5.75 Å². The van der Waals surface area contributed by atoms with E-state index in [2.05, 4.69) is 5.32 Å². The van der Waals surface area contributed by atoms with E-state index in [-0.39, 0.29) is 11.9 Å². The fourth-order valence-electron chi connectivity index (χ4n) is 2.05. The average Bonchev–Trinajstić information content (AvgIpc) is 2.49. The normalized spacial score (nSPS) is 12.2. The molecule has 1 amide bonds. The Kier molecular flexibility index (Phi) is 6.98. The number of carbonyl (C=O) groups is 1. The number of rotatable bonds is 8. The Balaban J connectivity index is 2.75. The van der Waals surface area contributed by atoms with Crippen molar-refractivity contribution in [3.63, 3.8) is 0 Å². The van der Waals surface area contributed by atoms with E-state index in [0.717, 1.165) is 6.54 Å². The van der Waals surface area contributed by atoms with Gasteiger partial charge < -0.3 is 20.5 Å². The van der Waals surface area contributed by atoms with Gasteiger partial charge in [0.05, 0.1) is 25.4 Å². The fourth-order valence-corrected chi connectivity index (χ4v) is 2.05. The largest absolute Gasteiger partial charge is 0.494 e. The first-order valence-electron chi connectivity index (χ1n) is 7.00. The number of nitrogens with one attached hydrogen (secondary N) is 1. The summed E-state index contributed by atoms with van der Waals surface area (Å²) in [5.41, 5.74) is 6.91. The summed E-state index contributed by atoms with van der Waals surface area (Å²) in [5, 5.41) is 2.88. The number of hydrogen-bond acceptors (Lipinski definition) is 5. The summed E-state index contributed by atoms with van der Waals surface area (Å²) in [4.78, 5) is 14.4. The van der Waals surface area contributed by atoms with E-state index < -0.39 is 0 Å². The molecular formula is C15H25N3O3. The molecule has 0 fully saturated rings. The lowest BCUT2D eigenvalue weighted by atomic mass is 10.2. The summed E-state index contributed by atoms with van der Waals surface area (Å²) in [6, 6.07) is 4.89. The molecule has 6 heteroatoms. The van der Waals surface area contributed by atoms with Crippen LogP contribution in [0.15, 0.2) is 18.2 Å². The highest BCUT2D eigenvalue weighted by Crippen LogP contribution is 2.26. The predicted octanol–water partition coefficient (Wildman–Crippen LogP) is 1.57. The number of anilines is 2.